The highest BCUT2D eigenvalue weighted by Gasteiger charge is 2.32. The molecule has 11 heteroatoms. The van der Waals surface area contributed by atoms with E-state index in [2.05, 4.69) is 29.9 Å². The number of ketones is 1. The van der Waals surface area contributed by atoms with Crippen LogP contribution < -0.4 is 5.32 Å². The van der Waals surface area contributed by atoms with Gasteiger partial charge in [-0.1, -0.05) is 16.8 Å². The summed E-state index contributed by atoms with van der Waals surface area (Å²) in [5.41, 5.74) is 1.45. The van der Waals surface area contributed by atoms with Crippen LogP contribution in [0.2, 0.25) is 5.15 Å². The van der Waals surface area contributed by atoms with Crippen molar-refractivity contribution >= 4 is 23.3 Å². The van der Waals surface area contributed by atoms with Crippen LogP contribution in [0.1, 0.15) is 35.1 Å². The van der Waals surface area contributed by atoms with E-state index < -0.39 is 6.04 Å². The summed E-state index contributed by atoms with van der Waals surface area (Å²) < 4.78 is 23.7. The lowest BCUT2D eigenvalue weighted by molar-refractivity contribution is -0.130. The number of hydrogen-bond donors (Lipinski definition) is 2. The second-order valence-corrected chi connectivity index (χ2v) is 8.62. The van der Waals surface area contributed by atoms with E-state index in [9.17, 15) is 14.0 Å². The molecule has 0 bridgehead atoms. The summed E-state index contributed by atoms with van der Waals surface area (Å²) in [5.74, 6) is -0.224. The van der Waals surface area contributed by atoms with Crippen molar-refractivity contribution in [3.05, 3.63) is 59.0 Å². The average molecular weight is 490 g/mol. The first kappa shape index (κ1) is 24.1. The highest BCUT2D eigenvalue weighted by molar-refractivity contribution is 6.30. The number of ether oxygens (including phenoxy) is 1. The van der Waals surface area contributed by atoms with Crippen molar-refractivity contribution in [3.8, 4) is 11.4 Å². The highest BCUT2D eigenvalue weighted by Crippen LogP contribution is 2.27. The molecular formula is C23H25ClFN5O4. The zero-order valence-electron chi connectivity index (χ0n) is 18.6. The third-order valence-electron chi connectivity index (χ3n) is 5.60. The fourth-order valence-electron chi connectivity index (χ4n) is 3.71. The highest BCUT2D eigenvalue weighted by atomic mass is 35.5. The molecule has 1 aliphatic rings. The quantitative estimate of drug-likeness (QED) is 0.314. The van der Waals surface area contributed by atoms with Crippen LogP contribution >= 0.6 is 11.6 Å². The van der Waals surface area contributed by atoms with Gasteiger partial charge in [-0.15, -0.1) is 0 Å². The number of amides is 1. The van der Waals surface area contributed by atoms with Gasteiger partial charge in [-0.25, -0.2) is 9.37 Å². The van der Waals surface area contributed by atoms with E-state index >= 15 is 0 Å². The second-order valence-electron chi connectivity index (χ2n) is 8.26. The van der Waals surface area contributed by atoms with Crippen LogP contribution in [0.15, 0.2) is 41.1 Å². The fraction of sp³-hybridized carbons (Fsp3) is 0.391. The molecule has 1 aliphatic heterocycles. The van der Waals surface area contributed by atoms with Crippen molar-refractivity contribution in [1.29, 1.82) is 0 Å². The van der Waals surface area contributed by atoms with E-state index in [4.69, 9.17) is 16.3 Å². The van der Waals surface area contributed by atoms with Crippen LogP contribution in [0.25, 0.3) is 11.4 Å². The number of aromatic amines is 1. The first-order chi connectivity index (χ1) is 16.4. The van der Waals surface area contributed by atoms with Gasteiger partial charge in [0.1, 0.15) is 23.6 Å². The number of benzene rings is 1. The summed E-state index contributed by atoms with van der Waals surface area (Å²) in [6.45, 7) is 1.80. The summed E-state index contributed by atoms with van der Waals surface area (Å²) in [4.78, 5) is 34.3. The lowest BCUT2D eigenvalue weighted by Gasteiger charge is -2.35. The van der Waals surface area contributed by atoms with Gasteiger partial charge in [0.25, 0.3) is 0 Å². The van der Waals surface area contributed by atoms with E-state index in [1.165, 1.54) is 24.5 Å². The number of H-pyrrole nitrogens is 1. The summed E-state index contributed by atoms with van der Waals surface area (Å²) >= 11 is 6.40. The monoisotopic (exact) mass is 489 g/mol. The van der Waals surface area contributed by atoms with Crippen LogP contribution in [-0.2, 0) is 9.53 Å². The van der Waals surface area contributed by atoms with Crippen LogP contribution in [-0.4, -0.2) is 65.1 Å². The Morgan fingerprint density at radius 2 is 2.09 bits per heavy atom. The van der Waals surface area contributed by atoms with E-state index in [-0.39, 0.29) is 47.3 Å². The molecule has 1 amide bonds. The van der Waals surface area contributed by atoms with Crippen LogP contribution in [0.4, 0.5) is 4.39 Å². The summed E-state index contributed by atoms with van der Waals surface area (Å²) in [6, 6.07) is 6.80. The molecule has 3 aromatic rings. The Morgan fingerprint density at radius 3 is 2.76 bits per heavy atom. The molecule has 1 saturated heterocycles. The lowest BCUT2D eigenvalue weighted by Crippen LogP contribution is -2.52. The molecular weight excluding hydrogens is 465 g/mol. The molecule has 9 nitrogen and oxygen atoms in total. The Balaban J connectivity index is 1.40. The number of nitrogens with zero attached hydrogens (tertiary/aromatic N) is 3. The molecule has 1 aromatic carbocycles. The van der Waals surface area contributed by atoms with Crippen molar-refractivity contribution < 1.29 is 23.2 Å². The lowest BCUT2D eigenvalue weighted by atomic mass is 9.99. The molecule has 0 unspecified atom stereocenters. The number of halogens is 2. The molecule has 34 heavy (non-hydrogen) atoms. The molecule has 0 spiro atoms. The fourth-order valence-corrected chi connectivity index (χ4v) is 3.98. The predicted octanol–water partition coefficient (Wildman–Crippen LogP) is 3.26. The molecule has 4 rings (SSSR count). The van der Waals surface area contributed by atoms with Crippen LogP contribution in [0, 0.1) is 11.7 Å². The second kappa shape index (κ2) is 10.9. The van der Waals surface area contributed by atoms with Gasteiger partial charge in [-0.05, 0) is 37.7 Å². The van der Waals surface area contributed by atoms with Crippen LogP contribution in [0.5, 0.6) is 0 Å². The number of aromatic nitrogens is 3. The number of nitrogens with one attached hydrogen (secondary N) is 2. The maximum Gasteiger partial charge on any atom is 0.226 e. The van der Waals surface area contributed by atoms with Gasteiger partial charge < -0.3 is 24.5 Å². The molecule has 1 fully saturated rings. The maximum absolute atomic E-state index is 13.3. The third-order valence-corrected chi connectivity index (χ3v) is 5.89. The summed E-state index contributed by atoms with van der Waals surface area (Å²) in [6.07, 6.45) is 2.10. The maximum atomic E-state index is 13.3. The molecule has 0 saturated carbocycles. The number of carbonyl (C=O) groups excluding carboxylic acids is 2. The van der Waals surface area contributed by atoms with Gasteiger partial charge >= 0.3 is 0 Å². The van der Waals surface area contributed by atoms with Crippen molar-refractivity contribution in [1.82, 2.24) is 25.3 Å². The smallest absolute Gasteiger partial charge is 0.226 e. The van der Waals surface area contributed by atoms with Gasteiger partial charge in [0.2, 0.25) is 5.91 Å². The topological polar surface area (TPSA) is 113 Å². The Hall–Kier alpha value is -3.08. The van der Waals surface area contributed by atoms with Gasteiger partial charge in [0.15, 0.2) is 10.9 Å². The molecule has 0 radical (unpaired) electrons. The normalized spacial score (nSPS) is 15.1. The zero-order valence-corrected chi connectivity index (χ0v) is 19.3. The van der Waals surface area contributed by atoms with Crippen molar-refractivity contribution in [2.24, 2.45) is 5.92 Å². The zero-order chi connectivity index (χ0) is 24.1. The molecule has 0 aliphatic carbocycles. The summed E-state index contributed by atoms with van der Waals surface area (Å²) in [5, 5.41) is 6.82. The molecule has 1 atom stereocenters. The number of likely N-dealkylation sites (tertiary alicyclic amines) is 1. The molecule has 2 aromatic heterocycles. The van der Waals surface area contributed by atoms with Crippen molar-refractivity contribution in [3.63, 3.8) is 0 Å². The van der Waals surface area contributed by atoms with Gasteiger partial charge in [0, 0.05) is 37.7 Å². The Labute approximate surface area is 200 Å². The Kier molecular flexibility index (Phi) is 7.71. The number of imidazole rings is 1. The van der Waals surface area contributed by atoms with Crippen molar-refractivity contribution in [2.75, 3.05) is 33.4 Å². The number of rotatable bonds is 11. The SMILES string of the molecule is CN1CC(C(=O)N[C@@H](COCCCC(=O)c2ccon2)c2[nH]c(-c3ccc(F)cc3)nc2Cl)C1. The number of Topliss-reactive ketones (excluding diaryl/α,β-unsaturated/α-hetero) is 1. The van der Waals surface area contributed by atoms with E-state index in [1.807, 2.05) is 7.05 Å². The molecule has 180 valence electrons. The van der Waals surface area contributed by atoms with Crippen LogP contribution in [0.3, 0.4) is 0 Å². The first-order valence-corrected chi connectivity index (χ1v) is 11.3. The third kappa shape index (κ3) is 5.88. The van der Waals surface area contributed by atoms with E-state index in [0.717, 1.165) is 0 Å². The molecule has 3 heterocycles. The molecule has 2 N–H and O–H groups in total. The predicted molar refractivity (Wildman–Crippen MR) is 122 cm³/mol. The van der Waals surface area contributed by atoms with Gasteiger partial charge in [0.05, 0.1) is 24.3 Å². The van der Waals surface area contributed by atoms with Gasteiger partial charge in [-0.2, -0.15) is 0 Å². The minimum absolute atomic E-state index is 0.0955. The van der Waals surface area contributed by atoms with Gasteiger partial charge in [-0.3, -0.25) is 9.59 Å². The largest absolute Gasteiger partial charge is 0.379 e. The Bertz CT molecular complexity index is 1110. The average Bonchev–Trinajstić information content (AvgIpc) is 3.46. The van der Waals surface area contributed by atoms with E-state index in [1.54, 1.807) is 12.1 Å². The number of hydrogen-bond acceptors (Lipinski definition) is 7. The number of carbonyl (C=O) groups is 2. The minimum Gasteiger partial charge on any atom is -0.379 e. The Morgan fingerprint density at radius 1 is 1.32 bits per heavy atom. The minimum atomic E-state index is -0.571. The van der Waals surface area contributed by atoms with E-state index in [0.29, 0.717) is 43.2 Å². The summed E-state index contributed by atoms with van der Waals surface area (Å²) in [7, 11) is 1.95. The standard InChI is InChI=1S/C23H25ClFN5O4/c1-30-11-15(12-30)23(32)26-18(13-33-9-2-3-19(31)17-8-10-34-29-17)20-21(24)28-22(27-20)14-4-6-16(25)7-5-14/h4-8,10,15,18H,2-3,9,11-13H2,1H3,(H,26,32)(H,27,28)/t18-/m0/s1. The van der Waals surface area contributed by atoms with Crippen molar-refractivity contribution in [2.45, 2.75) is 18.9 Å². The first-order valence-electron chi connectivity index (χ1n) is 10.9.